The van der Waals surface area contributed by atoms with Gasteiger partial charge in [-0.05, 0) is 19.1 Å². The minimum absolute atomic E-state index is 0.0427. The number of benzene rings is 2. The third-order valence-corrected chi connectivity index (χ3v) is 5.12. The molecule has 0 radical (unpaired) electrons. The minimum Gasteiger partial charge on any atom is -0.374 e. The fourth-order valence-electron chi connectivity index (χ4n) is 4.17. The summed E-state index contributed by atoms with van der Waals surface area (Å²) in [7, 11) is 0. The topological polar surface area (TPSA) is 57.0 Å². The molecule has 5 rings (SSSR count). The lowest BCUT2D eigenvalue weighted by Crippen LogP contribution is -2.37. The summed E-state index contributed by atoms with van der Waals surface area (Å²) in [5.74, 6) is -0.0427. The Balaban J connectivity index is 1.94. The molecule has 3 heterocycles. The molecule has 25 heavy (non-hydrogen) atoms. The van der Waals surface area contributed by atoms with Crippen LogP contribution in [0.2, 0.25) is 0 Å². The highest BCUT2D eigenvalue weighted by molar-refractivity contribution is 6.08. The van der Waals surface area contributed by atoms with Gasteiger partial charge in [0.15, 0.2) is 11.8 Å². The largest absolute Gasteiger partial charge is 0.374 e. The molecule has 0 aliphatic carbocycles. The van der Waals surface area contributed by atoms with Crippen LogP contribution in [0.15, 0.2) is 60.8 Å². The zero-order chi connectivity index (χ0) is 17.2. The van der Waals surface area contributed by atoms with E-state index >= 15 is 0 Å². The molecule has 2 aromatic carbocycles. The van der Waals surface area contributed by atoms with Crippen molar-refractivity contribution in [1.82, 2.24) is 4.98 Å². The standard InChI is InChI=1S/C21H16N2O2/c1-13(24)12-21(25)16-7-3-5-9-18(16)23-11-10-15-14-6-2-4-8-17(14)22-19(15)20(21)23/h2-11,25H,12H2,1H3/p+1/t21-/m0/s1. The number of H-pyrrole nitrogens is 1. The summed E-state index contributed by atoms with van der Waals surface area (Å²) in [5.41, 5.74) is 3.00. The molecule has 1 aliphatic heterocycles. The van der Waals surface area contributed by atoms with Gasteiger partial charge in [-0.15, -0.1) is 0 Å². The molecule has 4 heteroatoms. The van der Waals surface area contributed by atoms with Crippen LogP contribution in [0, 0.1) is 0 Å². The van der Waals surface area contributed by atoms with E-state index in [2.05, 4.69) is 17.1 Å². The van der Waals surface area contributed by atoms with E-state index in [0.29, 0.717) is 0 Å². The highest BCUT2D eigenvalue weighted by atomic mass is 16.3. The zero-order valence-corrected chi connectivity index (χ0v) is 13.8. The van der Waals surface area contributed by atoms with Gasteiger partial charge in [0, 0.05) is 34.8 Å². The number of nitrogens with zero attached hydrogens (tertiary/aromatic N) is 1. The van der Waals surface area contributed by atoms with Crippen LogP contribution in [-0.2, 0) is 10.4 Å². The molecule has 4 nitrogen and oxygen atoms in total. The van der Waals surface area contributed by atoms with E-state index in [-0.39, 0.29) is 12.2 Å². The van der Waals surface area contributed by atoms with Gasteiger partial charge in [-0.25, -0.2) is 0 Å². The molecule has 122 valence electrons. The zero-order valence-electron chi connectivity index (χ0n) is 13.8. The fraction of sp³-hybridized carbons (Fsp3) is 0.143. The number of ketones is 1. The molecule has 0 bridgehead atoms. The summed E-state index contributed by atoms with van der Waals surface area (Å²) >= 11 is 0. The van der Waals surface area contributed by atoms with Gasteiger partial charge in [0.1, 0.15) is 11.3 Å². The number of hydrogen-bond acceptors (Lipinski definition) is 2. The Morgan fingerprint density at radius 1 is 1.08 bits per heavy atom. The average Bonchev–Trinajstić information content (AvgIpc) is 3.09. The first-order chi connectivity index (χ1) is 12.1. The van der Waals surface area contributed by atoms with E-state index < -0.39 is 5.60 Å². The number of carbonyl (C=O) groups excluding carboxylic acids is 1. The van der Waals surface area contributed by atoms with Crippen LogP contribution in [-0.4, -0.2) is 15.9 Å². The second-order valence-electron chi connectivity index (χ2n) is 6.75. The van der Waals surface area contributed by atoms with Crippen LogP contribution in [0.1, 0.15) is 24.6 Å². The summed E-state index contributed by atoms with van der Waals surface area (Å²) < 4.78 is 2.00. The van der Waals surface area contributed by atoms with Crippen molar-refractivity contribution >= 4 is 27.6 Å². The number of rotatable bonds is 2. The van der Waals surface area contributed by atoms with Crippen LogP contribution in [0.4, 0.5) is 0 Å². The van der Waals surface area contributed by atoms with Gasteiger partial charge >= 0.3 is 0 Å². The van der Waals surface area contributed by atoms with Crippen molar-refractivity contribution in [2.45, 2.75) is 18.9 Å². The molecule has 0 amide bonds. The summed E-state index contributed by atoms with van der Waals surface area (Å²) in [5, 5.41) is 13.8. The van der Waals surface area contributed by atoms with E-state index in [4.69, 9.17) is 0 Å². The van der Waals surface area contributed by atoms with Crippen LogP contribution >= 0.6 is 0 Å². The van der Waals surface area contributed by atoms with E-state index in [9.17, 15) is 9.90 Å². The number of nitrogens with one attached hydrogen (secondary N) is 1. The number of aromatic nitrogens is 2. The molecule has 2 N–H and O–H groups in total. The van der Waals surface area contributed by atoms with Gasteiger partial charge < -0.3 is 10.1 Å². The maximum atomic E-state index is 12.0. The lowest BCUT2D eigenvalue weighted by Gasteiger charge is -2.18. The minimum atomic E-state index is -1.33. The average molecular weight is 329 g/mol. The predicted octanol–water partition coefficient (Wildman–Crippen LogP) is 3.13. The number of para-hydroxylation sites is 2. The summed E-state index contributed by atoms with van der Waals surface area (Å²) in [4.78, 5) is 15.4. The normalized spacial score (nSPS) is 18.5. The first-order valence-electron chi connectivity index (χ1n) is 8.37. The van der Waals surface area contributed by atoms with Crippen LogP contribution < -0.4 is 4.57 Å². The molecular weight excluding hydrogens is 312 g/mol. The lowest BCUT2D eigenvalue weighted by molar-refractivity contribution is -0.600. The fourth-order valence-corrected chi connectivity index (χ4v) is 4.17. The Labute approximate surface area is 144 Å². The van der Waals surface area contributed by atoms with Gasteiger partial charge in [0.25, 0.3) is 0 Å². The van der Waals surface area contributed by atoms with Crippen molar-refractivity contribution in [2.24, 2.45) is 0 Å². The summed E-state index contributed by atoms with van der Waals surface area (Å²) in [6.07, 6.45) is 2.04. The van der Waals surface area contributed by atoms with Gasteiger partial charge in [0.2, 0.25) is 11.4 Å². The van der Waals surface area contributed by atoms with Crippen LogP contribution in [0.3, 0.4) is 0 Å². The number of aromatic amines is 1. The Morgan fingerprint density at radius 3 is 2.68 bits per heavy atom. The number of fused-ring (bicyclic) bond motifs is 7. The van der Waals surface area contributed by atoms with Gasteiger partial charge in [-0.2, -0.15) is 4.57 Å². The van der Waals surface area contributed by atoms with Crippen molar-refractivity contribution in [3.63, 3.8) is 0 Å². The number of Topliss-reactive ketones (excluding diaryl/α,β-unsaturated/α-hetero) is 1. The molecule has 0 unspecified atom stereocenters. The Morgan fingerprint density at radius 2 is 1.84 bits per heavy atom. The molecule has 1 aliphatic rings. The Kier molecular flexibility index (Phi) is 2.74. The van der Waals surface area contributed by atoms with Crippen molar-refractivity contribution < 1.29 is 14.5 Å². The highest BCUT2D eigenvalue weighted by Crippen LogP contribution is 2.42. The first-order valence-corrected chi connectivity index (χ1v) is 8.37. The molecule has 0 saturated heterocycles. The predicted molar refractivity (Wildman–Crippen MR) is 95.6 cm³/mol. The third-order valence-electron chi connectivity index (χ3n) is 5.12. The summed E-state index contributed by atoms with van der Waals surface area (Å²) in [6.45, 7) is 1.52. The molecule has 0 fully saturated rings. The van der Waals surface area contributed by atoms with Crippen molar-refractivity contribution in [1.29, 1.82) is 0 Å². The van der Waals surface area contributed by atoms with Gasteiger partial charge in [-0.3, -0.25) is 4.79 Å². The number of hydrogen-bond donors (Lipinski definition) is 2. The molecule has 2 aromatic heterocycles. The molecule has 0 saturated carbocycles. The van der Waals surface area contributed by atoms with Gasteiger partial charge in [0.05, 0.1) is 5.56 Å². The first kappa shape index (κ1) is 14.4. The maximum absolute atomic E-state index is 12.0. The van der Waals surface area contributed by atoms with E-state index in [0.717, 1.165) is 38.8 Å². The summed E-state index contributed by atoms with van der Waals surface area (Å²) in [6, 6.07) is 17.9. The quantitative estimate of drug-likeness (QED) is 0.555. The highest BCUT2D eigenvalue weighted by Gasteiger charge is 2.51. The third kappa shape index (κ3) is 1.80. The lowest BCUT2D eigenvalue weighted by atomic mass is 9.87. The monoisotopic (exact) mass is 329 g/mol. The van der Waals surface area contributed by atoms with Crippen molar-refractivity contribution in [2.75, 3.05) is 0 Å². The van der Waals surface area contributed by atoms with Crippen LogP contribution in [0.25, 0.3) is 27.5 Å². The van der Waals surface area contributed by atoms with Crippen LogP contribution in [0.5, 0.6) is 0 Å². The maximum Gasteiger partial charge on any atom is 0.248 e. The van der Waals surface area contributed by atoms with Gasteiger partial charge in [-0.1, -0.05) is 30.3 Å². The SMILES string of the molecule is CC(=O)C[C@]1(O)c2ccccc2-[n+]2ccc3c([nH]c4ccccc43)c21. The Bertz CT molecular complexity index is 1180. The van der Waals surface area contributed by atoms with Crippen molar-refractivity contribution in [3.8, 4) is 5.69 Å². The molecular formula is C21H17N2O2+. The smallest absolute Gasteiger partial charge is 0.248 e. The number of aliphatic hydroxyl groups is 1. The number of pyridine rings is 1. The van der Waals surface area contributed by atoms with E-state index in [1.807, 2.05) is 53.2 Å². The molecule has 0 spiro atoms. The van der Waals surface area contributed by atoms with E-state index in [1.165, 1.54) is 6.92 Å². The molecule has 1 atom stereocenters. The number of carbonyl (C=O) groups is 1. The second kappa shape index (κ2) is 4.77. The van der Waals surface area contributed by atoms with E-state index in [1.54, 1.807) is 0 Å². The second-order valence-corrected chi connectivity index (χ2v) is 6.75. The molecule has 4 aromatic rings. The Hall–Kier alpha value is -2.98. The van der Waals surface area contributed by atoms with Crippen molar-refractivity contribution in [3.05, 3.63) is 72.1 Å².